The molecule has 1 fully saturated rings. The van der Waals surface area contributed by atoms with E-state index in [1.807, 2.05) is 6.92 Å². The van der Waals surface area contributed by atoms with E-state index in [9.17, 15) is 12.8 Å². The van der Waals surface area contributed by atoms with Gasteiger partial charge < -0.3 is 0 Å². The zero-order chi connectivity index (χ0) is 14.3. The quantitative estimate of drug-likeness (QED) is 0.815. The molecule has 1 unspecified atom stereocenters. The van der Waals surface area contributed by atoms with Crippen LogP contribution in [-0.2, 0) is 10.0 Å². The number of sulfonamides is 1. The minimum atomic E-state index is -3.45. The summed E-state index contributed by atoms with van der Waals surface area (Å²) in [6.07, 6.45) is 0. The molecule has 104 valence electrons. The summed E-state index contributed by atoms with van der Waals surface area (Å²) in [6.45, 7) is 2.36. The molecule has 0 N–H and O–H groups in total. The molecular formula is C15H14FNO2S. The molecule has 1 heterocycles. The summed E-state index contributed by atoms with van der Waals surface area (Å²) in [5.41, 5.74) is 1.84. The summed E-state index contributed by atoms with van der Waals surface area (Å²) < 4.78 is 39.1. The molecule has 0 amide bonds. The molecule has 3 nitrogen and oxygen atoms in total. The molecule has 2 atom stereocenters. The molecule has 0 aliphatic carbocycles. The average Bonchev–Trinajstić information content (AvgIpc) is 3.21. The van der Waals surface area contributed by atoms with Gasteiger partial charge in [-0.1, -0.05) is 29.8 Å². The third-order valence-corrected chi connectivity index (χ3v) is 5.34. The zero-order valence-electron chi connectivity index (χ0n) is 11.0. The Balaban J connectivity index is 1.84. The van der Waals surface area contributed by atoms with Gasteiger partial charge in [-0.25, -0.2) is 12.8 Å². The third-order valence-electron chi connectivity index (χ3n) is 3.45. The first-order valence-corrected chi connectivity index (χ1v) is 7.76. The van der Waals surface area contributed by atoms with Crippen LogP contribution in [0.5, 0.6) is 0 Å². The smallest absolute Gasteiger partial charge is 0.207 e. The Morgan fingerprint density at radius 1 is 1.05 bits per heavy atom. The van der Waals surface area contributed by atoms with Crippen molar-refractivity contribution in [2.24, 2.45) is 0 Å². The lowest BCUT2D eigenvalue weighted by Crippen LogP contribution is -2.12. The maximum atomic E-state index is 12.9. The van der Waals surface area contributed by atoms with Gasteiger partial charge in [0.05, 0.1) is 10.9 Å². The molecule has 2 aromatic carbocycles. The largest absolute Gasteiger partial charge is 0.243 e. The van der Waals surface area contributed by atoms with Gasteiger partial charge in [-0.15, -0.1) is 0 Å². The Morgan fingerprint density at radius 2 is 1.65 bits per heavy atom. The van der Waals surface area contributed by atoms with E-state index in [0.29, 0.717) is 11.4 Å². The highest BCUT2D eigenvalue weighted by Gasteiger charge is 2.45. The number of hydrogen-bond donors (Lipinski definition) is 0. The predicted octanol–water partition coefficient (Wildman–Crippen LogP) is 2.88. The van der Waals surface area contributed by atoms with Gasteiger partial charge in [-0.05, 0) is 36.8 Å². The molecule has 3 rings (SSSR count). The van der Waals surface area contributed by atoms with Crippen molar-refractivity contribution < 1.29 is 12.8 Å². The Hall–Kier alpha value is -1.72. The summed E-state index contributed by atoms with van der Waals surface area (Å²) >= 11 is 0. The van der Waals surface area contributed by atoms with Gasteiger partial charge in [-0.3, -0.25) is 0 Å². The number of hydrogen-bond acceptors (Lipinski definition) is 2. The average molecular weight is 291 g/mol. The maximum absolute atomic E-state index is 12.9. The second kappa shape index (κ2) is 4.68. The second-order valence-corrected chi connectivity index (χ2v) is 6.85. The van der Waals surface area contributed by atoms with Gasteiger partial charge >= 0.3 is 0 Å². The fraction of sp³-hybridized carbons (Fsp3) is 0.200. The van der Waals surface area contributed by atoms with Gasteiger partial charge in [0.1, 0.15) is 5.82 Å². The van der Waals surface area contributed by atoms with Crippen LogP contribution in [0.3, 0.4) is 0 Å². The molecule has 0 aromatic heterocycles. The minimum absolute atomic E-state index is 0.179. The van der Waals surface area contributed by atoms with Crippen molar-refractivity contribution in [3.8, 4) is 0 Å². The molecular weight excluding hydrogens is 277 g/mol. The highest BCUT2D eigenvalue weighted by molar-refractivity contribution is 7.89. The summed E-state index contributed by atoms with van der Waals surface area (Å²) in [4.78, 5) is 0.299. The first-order chi connectivity index (χ1) is 9.48. The van der Waals surface area contributed by atoms with Crippen molar-refractivity contribution in [2.75, 3.05) is 6.54 Å². The Labute approximate surface area is 117 Å². The van der Waals surface area contributed by atoms with Crippen molar-refractivity contribution >= 4 is 10.0 Å². The molecule has 20 heavy (non-hydrogen) atoms. The van der Waals surface area contributed by atoms with Crippen molar-refractivity contribution in [2.45, 2.75) is 17.9 Å². The van der Waals surface area contributed by atoms with Crippen molar-refractivity contribution in [1.29, 1.82) is 0 Å². The van der Waals surface area contributed by atoms with Crippen LogP contribution in [-0.4, -0.2) is 19.3 Å². The Bertz CT molecular complexity index is 723. The van der Waals surface area contributed by atoms with Crippen LogP contribution in [0.15, 0.2) is 53.4 Å². The van der Waals surface area contributed by atoms with Crippen LogP contribution in [0.1, 0.15) is 17.2 Å². The van der Waals surface area contributed by atoms with Gasteiger partial charge in [0.25, 0.3) is 0 Å². The zero-order valence-corrected chi connectivity index (χ0v) is 11.8. The standard InChI is InChI=1S/C15H14FNO2S/c1-11-2-8-14(9-3-11)20(18,19)17-10-15(17)12-4-6-13(16)7-5-12/h2-9,15H,10H2,1H3/t15-,17?/m1/s1. The SMILES string of the molecule is Cc1ccc(S(=O)(=O)N2C[C@@H]2c2ccc(F)cc2)cc1. The maximum Gasteiger partial charge on any atom is 0.243 e. The number of benzene rings is 2. The lowest BCUT2D eigenvalue weighted by Gasteiger charge is -2.07. The molecule has 1 aliphatic rings. The second-order valence-electron chi connectivity index (χ2n) is 4.96. The first kappa shape index (κ1) is 13.3. The van der Waals surface area contributed by atoms with E-state index in [2.05, 4.69) is 0 Å². The molecule has 0 spiro atoms. The monoisotopic (exact) mass is 291 g/mol. The summed E-state index contributed by atoms with van der Waals surface area (Å²) in [5, 5.41) is 0. The number of aryl methyl sites for hydroxylation is 1. The van der Waals surface area contributed by atoms with Crippen molar-refractivity contribution in [1.82, 2.24) is 4.31 Å². The minimum Gasteiger partial charge on any atom is -0.207 e. The van der Waals surface area contributed by atoms with Crippen LogP contribution in [0.2, 0.25) is 0 Å². The van der Waals surface area contributed by atoms with Crippen molar-refractivity contribution in [3.05, 3.63) is 65.5 Å². The van der Waals surface area contributed by atoms with Crippen molar-refractivity contribution in [3.63, 3.8) is 0 Å². The number of rotatable bonds is 3. The molecule has 1 saturated heterocycles. The summed E-state index contributed by atoms with van der Waals surface area (Å²) in [6, 6.07) is 12.6. The molecule has 0 bridgehead atoms. The van der Waals surface area contributed by atoms with Crippen LogP contribution < -0.4 is 0 Å². The van der Waals surface area contributed by atoms with Crippen LogP contribution in [0.4, 0.5) is 4.39 Å². The highest BCUT2D eigenvalue weighted by Crippen LogP contribution is 2.40. The van der Waals surface area contributed by atoms with Gasteiger partial charge in [0.15, 0.2) is 0 Å². The third kappa shape index (κ3) is 2.34. The van der Waals surface area contributed by atoms with Gasteiger partial charge in [0.2, 0.25) is 10.0 Å². The number of nitrogens with zero attached hydrogens (tertiary/aromatic N) is 1. The molecule has 0 saturated carbocycles. The van der Waals surface area contributed by atoms with Crippen LogP contribution in [0, 0.1) is 12.7 Å². The lowest BCUT2D eigenvalue weighted by molar-refractivity contribution is 0.554. The van der Waals surface area contributed by atoms with E-state index in [1.165, 1.54) is 16.4 Å². The predicted molar refractivity (Wildman–Crippen MR) is 74.2 cm³/mol. The summed E-state index contributed by atoms with van der Waals surface area (Å²) in [7, 11) is -3.45. The van der Waals surface area contributed by atoms with Gasteiger partial charge in [-0.2, -0.15) is 4.31 Å². The highest BCUT2D eigenvalue weighted by atomic mass is 32.2. The van der Waals surface area contributed by atoms with E-state index in [-0.39, 0.29) is 11.9 Å². The molecule has 2 aromatic rings. The van der Waals surface area contributed by atoms with E-state index >= 15 is 0 Å². The van der Waals surface area contributed by atoms with Crippen LogP contribution >= 0.6 is 0 Å². The Morgan fingerprint density at radius 3 is 2.25 bits per heavy atom. The van der Waals surface area contributed by atoms with Crippen LogP contribution in [0.25, 0.3) is 0 Å². The lowest BCUT2D eigenvalue weighted by atomic mass is 10.2. The van der Waals surface area contributed by atoms with E-state index in [4.69, 9.17) is 0 Å². The molecule has 0 radical (unpaired) electrons. The fourth-order valence-electron chi connectivity index (χ4n) is 2.19. The molecule has 5 heteroatoms. The topological polar surface area (TPSA) is 37.1 Å². The normalized spacial score (nSPS) is 21.7. The van der Waals surface area contributed by atoms with E-state index in [1.54, 1.807) is 36.4 Å². The van der Waals surface area contributed by atoms with E-state index in [0.717, 1.165) is 11.1 Å². The summed E-state index contributed by atoms with van der Waals surface area (Å²) in [5.74, 6) is -0.317. The first-order valence-electron chi connectivity index (χ1n) is 6.32. The van der Waals surface area contributed by atoms with E-state index < -0.39 is 10.0 Å². The Kier molecular flexibility index (Phi) is 3.11. The fourth-order valence-corrected chi connectivity index (χ4v) is 3.74. The van der Waals surface area contributed by atoms with Gasteiger partial charge in [0, 0.05) is 6.54 Å². The molecule has 1 aliphatic heterocycles. The number of halogens is 1.